The lowest BCUT2D eigenvalue weighted by molar-refractivity contribution is -0.141. The number of nitrogens with zero attached hydrogens (tertiary/aromatic N) is 4. The molecule has 0 spiro atoms. The van der Waals surface area contributed by atoms with Crippen LogP contribution in [0.15, 0.2) is 36.7 Å². The third kappa shape index (κ3) is 5.24. The molecule has 1 amide bonds. The largest absolute Gasteiger partial charge is 0.496 e. The Hall–Kier alpha value is -3.38. The molecule has 0 atom stereocenters. The number of halogens is 3. The Balaban J connectivity index is 1.36. The molecule has 2 aliphatic heterocycles. The van der Waals surface area contributed by atoms with Gasteiger partial charge in [-0.25, -0.2) is 9.97 Å². The highest BCUT2D eigenvalue weighted by Gasteiger charge is 2.37. The SMILES string of the molecule is COc1cc(-c2cnc(Nc3cc(N4CCOCC4)ccn3)s2)cc2c1C(=O)N(CC(F)(F)F)CC2. The van der Waals surface area contributed by atoms with Crippen LogP contribution >= 0.6 is 11.3 Å². The molecule has 1 N–H and O–H groups in total. The van der Waals surface area contributed by atoms with Gasteiger partial charge in [0.25, 0.3) is 5.91 Å². The number of morpholine rings is 1. The Bertz CT molecular complexity index is 1240. The fourth-order valence-electron chi connectivity index (χ4n) is 4.38. The maximum Gasteiger partial charge on any atom is 0.406 e. The zero-order valence-corrected chi connectivity index (χ0v) is 20.3. The summed E-state index contributed by atoms with van der Waals surface area (Å²) in [6.07, 6.45) is -0.692. The summed E-state index contributed by atoms with van der Waals surface area (Å²) in [5.41, 5.74) is 2.68. The molecule has 5 rings (SSSR count). The third-order valence-corrected chi connectivity index (χ3v) is 7.03. The number of carbonyl (C=O) groups excluding carboxylic acids is 1. The van der Waals surface area contributed by atoms with Crippen LogP contribution in [0, 0.1) is 0 Å². The number of rotatable bonds is 6. The number of ether oxygens (including phenoxy) is 2. The molecule has 4 heterocycles. The van der Waals surface area contributed by atoms with Gasteiger partial charge >= 0.3 is 6.18 Å². The van der Waals surface area contributed by atoms with E-state index in [4.69, 9.17) is 9.47 Å². The van der Waals surface area contributed by atoms with Gasteiger partial charge in [0, 0.05) is 43.8 Å². The van der Waals surface area contributed by atoms with Gasteiger partial charge in [-0.15, -0.1) is 0 Å². The molecular formula is C24H24F3N5O3S. The first-order chi connectivity index (χ1) is 17.3. The van der Waals surface area contributed by atoms with E-state index in [9.17, 15) is 18.0 Å². The number of methoxy groups -OCH3 is 1. The maximum atomic E-state index is 12.9. The molecular weight excluding hydrogens is 495 g/mol. The minimum absolute atomic E-state index is 0.00139. The van der Waals surface area contributed by atoms with Crippen LogP contribution in [0.1, 0.15) is 15.9 Å². The van der Waals surface area contributed by atoms with Crippen molar-refractivity contribution in [1.82, 2.24) is 14.9 Å². The first-order valence-corrected chi connectivity index (χ1v) is 12.2. The summed E-state index contributed by atoms with van der Waals surface area (Å²) >= 11 is 1.41. The summed E-state index contributed by atoms with van der Waals surface area (Å²) in [6.45, 7) is 1.75. The fraction of sp³-hybridized carbons (Fsp3) is 0.375. The summed E-state index contributed by atoms with van der Waals surface area (Å²) < 4.78 is 49.5. The van der Waals surface area contributed by atoms with Crippen LogP contribution in [0.5, 0.6) is 5.75 Å². The van der Waals surface area contributed by atoms with Crippen molar-refractivity contribution >= 4 is 33.9 Å². The summed E-state index contributed by atoms with van der Waals surface area (Å²) in [4.78, 5) is 25.5. The molecule has 1 fully saturated rings. The molecule has 1 saturated heterocycles. The van der Waals surface area contributed by atoms with Crippen LogP contribution in [-0.4, -0.2) is 73.5 Å². The zero-order valence-electron chi connectivity index (χ0n) is 19.5. The second-order valence-corrected chi connectivity index (χ2v) is 9.49. The number of alkyl halides is 3. The topological polar surface area (TPSA) is 79.8 Å². The number of nitrogens with one attached hydrogen (secondary N) is 1. The Morgan fingerprint density at radius 3 is 2.72 bits per heavy atom. The number of thiazole rings is 1. The van der Waals surface area contributed by atoms with Gasteiger partial charge in [0.15, 0.2) is 5.13 Å². The number of aromatic nitrogens is 2. The van der Waals surface area contributed by atoms with E-state index < -0.39 is 18.6 Å². The third-order valence-electron chi connectivity index (χ3n) is 6.07. The molecule has 0 unspecified atom stereocenters. The van der Waals surface area contributed by atoms with Crippen LogP contribution in [0.3, 0.4) is 0 Å². The van der Waals surface area contributed by atoms with Gasteiger partial charge in [-0.1, -0.05) is 11.3 Å². The molecule has 12 heteroatoms. The van der Waals surface area contributed by atoms with Crippen LogP contribution < -0.4 is 15.0 Å². The number of benzene rings is 1. The number of fused-ring (bicyclic) bond motifs is 1. The van der Waals surface area contributed by atoms with Gasteiger partial charge in [-0.2, -0.15) is 13.2 Å². The number of hydrogen-bond acceptors (Lipinski definition) is 8. The number of pyridine rings is 1. The first-order valence-electron chi connectivity index (χ1n) is 11.4. The first kappa shape index (κ1) is 24.3. The highest BCUT2D eigenvalue weighted by atomic mass is 32.1. The van der Waals surface area contributed by atoms with E-state index in [0.29, 0.717) is 36.1 Å². The smallest absolute Gasteiger partial charge is 0.406 e. The van der Waals surface area contributed by atoms with Crippen LogP contribution in [0.25, 0.3) is 10.4 Å². The minimum atomic E-state index is -4.46. The zero-order chi connectivity index (χ0) is 25.3. The average Bonchev–Trinajstić information content (AvgIpc) is 3.33. The second kappa shape index (κ2) is 9.94. The van der Waals surface area contributed by atoms with E-state index in [1.165, 1.54) is 18.4 Å². The Kier molecular flexibility index (Phi) is 6.71. The van der Waals surface area contributed by atoms with Crippen LogP contribution in [0.2, 0.25) is 0 Å². The van der Waals surface area contributed by atoms with E-state index >= 15 is 0 Å². The van der Waals surface area contributed by atoms with E-state index in [1.54, 1.807) is 18.5 Å². The lowest BCUT2D eigenvalue weighted by atomic mass is 9.95. The van der Waals surface area contributed by atoms with Crippen molar-refractivity contribution in [2.75, 3.05) is 56.7 Å². The normalized spacial score (nSPS) is 16.2. The fourth-order valence-corrected chi connectivity index (χ4v) is 5.19. The predicted octanol–water partition coefficient (Wildman–Crippen LogP) is 4.35. The molecule has 2 aliphatic rings. The highest BCUT2D eigenvalue weighted by molar-refractivity contribution is 7.18. The molecule has 0 saturated carbocycles. The van der Waals surface area contributed by atoms with E-state index in [1.807, 2.05) is 18.2 Å². The summed E-state index contributed by atoms with van der Waals surface area (Å²) in [7, 11) is 1.40. The lowest BCUT2D eigenvalue weighted by Crippen LogP contribution is -2.43. The standard InChI is InChI=1S/C24H24F3N5O3S/c1-34-18-11-16(10-15-3-5-32(14-24(25,26)27)22(33)21(15)18)19-13-29-23(36-19)30-20-12-17(2-4-28-20)31-6-8-35-9-7-31/h2,4,10-13H,3,5-9,14H2,1H3,(H,28,29,30). The monoisotopic (exact) mass is 519 g/mol. The van der Waals surface area contributed by atoms with Crippen LogP contribution in [-0.2, 0) is 11.2 Å². The lowest BCUT2D eigenvalue weighted by Gasteiger charge is -2.30. The number of hydrogen-bond donors (Lipinski definition) is 1. The van der Waals surface area contributed by atoms with Gasteiger partial charge in [0.05, 0.1) is 30.8 Å². The van der Waals surface area contributed by atoms with Crippen LogP contribution in [0.4, 0.5) is 29.8 Å². The van der Waals surface area contributed by atoms with Crippen molar-refractivity contribution in [2.45, 2.75) is 12.6 Å². The van der Waals surface area contributed by atoms with Crippen molar-refractivity contribution < 1.29 is 27.4 Å². The van der Waals surface area contributed by atoms with Crippen molar-refractivity contribution in [3.8, 4) is 16.2 Å². The van der Waals surface area contributed by atoms with Crippen molar-refractivity contribution in [1.29, 1.82) is 0 Å². The summed E-state index contributed by atoms with van der Waals surface area (Å²) in [6, 6.07) is 7.42. The number of carbonyl (C=O) groups is 1. The molecule has 2 aromatic heterocycles. The molecule has 0 bridgehead atoms. The molecule has 190 valence electrons. The Morgan fingerprint density at radius 2 is 1.97 bits per heavy atom. The second-order valence-electron chi connectivity index (χ2n) is 8.46. The molecule has 8 nitrogen and oxygen atoms in total. The van der Waals surface area contributed by atoms with Crippen molar-refractivity contribution in [3.05, 3.63) is 47.8 Å². The average molecular weight is 520 g/mol. The Morgan fingerprint density at radius 1 is 1.17 bits per heavy atom. The number of amides is 1. The van der Waals surface area contributed by atoms with E-state index in [-0.39, 0.29) is 17.9 Å². The highest BCUT2D eigenvalue weighted by Crippen LogP contribution is 2.38. The predicted molar refractivity (Wildman–Crippen MR) is 130 cm³/mol. The van der Waals surface area contributed by atoms with Gasteiger partial charge in [0.1, 0.15) is 18.1 Å². The molecule has 3 aromatic rings. The van der Waals surface area contributed by atoms with E-state index in [0.717, 1.165) is 34.1 Å². The minimum Gasteiger partial charge on any atom is -0.496 e. The number of anilines is 3. The van der Waals surface area contributed by atoms with Crippen molar-refractivity contribution in [2.24, 2.45) is 0 Å². The summed E-state index contributed by atoms with van der Waals surface area (Å²) in [5, 5.41) is 3.88. The molecule has 0 radical (unpaired) electrons. The van der Waals surface area contributed by atoms with Gasteiger partial charge in [0.2, 0.25) is 0 Å². The van der Waals surface area contributed by atoms with Gasteiger partial charge in [-0.05, 0) is 35.7 Å². The Labute approximate surface area is 209 Å². The maximum absolute atomic E-state index is 12.9. The van der Waals surface area contributed by atoms with E-state index in [2.05, 4.69) is 20.2 Å². The summed E-state index contributed by atoms with van der Waals surface area (Å²) in [5.74, 6) is 0.246. The van der Waals surface area contributed by atoms with Gasteiger partial charge in [-0.3, -0.25) is 4.79 Å². The molecule has 0 aliphatic carbocycles. The van der Waals surface area contributed by atoms with Crippen molar-refractivity contribution in [3.63, 3.8) is 0 Å². The molecule has 36 heavy (non-hydrogen) atoms. The quantitative estimate of drug-likeness (QED) is 0.519. The molecule has 1 aromatic carbocycles. The van der Waals surface area contributed by atoms with Gasteiger partial charge < -0.3 is 24.6 Å².